The molecule has 2 aromatic carbocycles. The van der Waals surface area contributed by atoms with Crippen LogP contribution in [0.25, 0.3) is 11.1 Å². The van der Waals surface area contributed by atoms with Gasteiger partial charge in [-0.2, -0.15) is 0 Å². The summed E-state index contributed by atoms with van der Waals surface area (Å²) < 4.78 is 5.46. The number of ether oxygens (including phenoxy) is 1. The molecule has 106 valence electrons. The molecular formula is C18H23NO. The average Bonchev–Trinajstić information content (AvgIpc) is 2.49. The van der Waals surface area contributed by atoms with Gasteiger partial charge in [-0.05, 0) is 48.7 Å². The molecule has 0 radical (unpaired) electrons. The van der Waals surface area contributed by atoms with Gasteiger partial charge in [0.1, 0.15) is 5.75 Å². The third-order valence-electron chi connectivity index (χ3n) is 3.21. The molecule has 2 heteroatoms. The summed E-state index contributed by atoms with van der Waals surface area (Å²) in [5.41, 5.74) is 3.79. The Bertz CT molecular complexity index is 502. The Morgan fingerprint density at radius 1 is 0.850 bits per heavy atom. The smallest absolute Gasteiger partial charge is 0.119 e. The minimum Gasteiger partial charge on any atom is -0.494 e. The van der Waals surface area contributed by atoms with Crippen LogP contribution >= 0.6 is 0 Å². The van der Waals surface area contributed by atoms with Crippen molar-refractivity contribution in [1.29, 1.82) is 0 Å². The van der Waals surface area contributed by atoms with Crippen molar-refractivity contribution in [1.82, 2.24) is 5.32 Å². The van der Waals surface area contributed by atoms with Gasteiger partial charge in [0.25, 0.3) is 0 Å². The minimum atomic E-state index is 0.707. The quantitative estimate of drug-likeness (QED) is 0.759. The Hall–Kier alpha value is -1.80. The molecule has 0 saturated heterocycles. The van der Waals surface area contributed by atoms with E-state index < -0.39 is 0 Å². The van der Waals surface area contributed by atoms with Crippen molar-refractivity contribution in [2.75, 3.05) is 13.2 Å². The molecule has 0 heterocycles. The van der Waals surface area contributed by atoms with Gasteiger partial charge in [0.15, 0.2) is 0 Å². The topological polar surface area (TPSA) is 21.3 Å². The second-order valence-corrected chi connectivity index (χ2v) is 4.83. The summed E-state index contributed by atoms with van der Waals surface area (Å²) in [6.07, 6.45) is 1.17. The Morgan fingerprint density at radius 2 is 1.45 bits per heavy atom. The minimum absolute atomic E-state index is 0.707. The summed E-state index contributed by atoms with van der Waals surface area (Å²) in [5.74, 6) is 0.927. The molecule has 0 spiro atoms. The molecule has 2 nitrogen and oxygen atoms in total. The summed E-state index contributed by atoms with van der Waals surface area (Å²) in [4.78, 5) is 0. The van der Waals surface area contributed by atoms with Crippen LogP contribution in [0.4, 0.5) is 0 Å². The van der Waals surface area contributed by atoms with Crippen LogP contribution in [0, 0.1) is 0 Å². The van der Waals surface area contributed by atoms with Crippen molar-refractivity contribution in [3.63, 3.8) is 0 Å². The van der Waals surface area contributed by atoms with Crippen LogP contribution in [0.5, 0.6) is 5.75 Å². The van der Waals surface area contributed by atoms with Gasteiger partial charge >= 0.3 is 0 Å². The van der Waals surface area contributed by atoms with Crippen LogP contribution in [0.3, 0.4) is 0 Å². The largest absolute Gasteiger partial charge is 0.494 e. The van der Waals surface area contributed by atoms with Crippen LogP contribution in [0.15, 0.2) is 48.5 Å². The van der Waals surface area contributed by atoms with Crippen LogP contribution in [0.2, 0.25) is 0 Å². The predicted molar refractivity (Wildman–Crippen MR) is 85.0 cm³/mol. The standard InChI is InChI=1S/C18H23NO/c1-3-13-19-14-15-5-7-16(8-6-15)17-9-11-18(12-10-17)20-4-2/h5-12,19H,3-4,13-14H2,1-2H3. The highest BCUT2D eigenvalue weighted by Crippen LogP contribution is 2.22. The lowest BCUT2D eigenvalue weighted by Gasteiger charge is -2.07. The zero-order chi connectivity index (χ0) is 14.2. The van der Waals surface area contributed by atoms with Gasteiger partial charge in [0, 0.05) is 6.54 Å². The van der Waals surface area contributed by atoms with Gasteiger partial charge in [-0.15, -0.1) is 0 Å². The maximum atomic E-state index is 5.46. The fraction of sp³-hybridized carbons (Fsp3) is 0.333. The van der Waals surface area contributed by atoms with E-state index >= 15 is 0 Å². The van der Waals surface area contributed by atoms with Crippen LogP contribution < -0.4 is 10.1 Å². The first-order valence-corrected chi connectivity index (χ1v) is 7.36. The van der Waals surface area contributed by atoms with E-state index in [2.05, 4.69) is 48.6 Å². The van der Waals surface area contributed by atoms with E-state index in [1.54, 1.807) is 0 Å². The second kappa shape index (κ2) is 7.71. The molecule has 0 aliphatic heterocycles. The van der Waals surface area contributed by atoms with Crippen LogP contribution in [-0.2, 0) is 6.54 Å². The van der Waals surface area contributed by atoms with Gasteiger partial charge in [0.2, 0.25) is 0 Å². The fourth-order valence-corrected chi connectivity index (χ4v) is 2.13. The third kappa shape index (κ3) is 4.10. The SMILES string of the molecule is CCCNCc1ccc(-c2ccc(OCC)cc2)cc1. The molecule has 0 unspecified atom stereocenters. The molecule has 0 amide bonds. The molecular weight excluding hydrogens is 246 g/mol. The molecule has 2 rings (SSSR count). The molecule has 0 saturated carbocycles. The molecule has 20 heavy (non-hydrogen) atoms. The van der Waals surface area contributed by atoms with Gasteiger partial charge in [0.05, 0.1) is 6.61 Å². The zero-order valence-corrected chi connectivity index (χ0v) is 12.4. The Balaban J connectivity index is 2.01. The normalized spacial score (nSPS) is 10.5. The number of rotatable bonds is 7. The summed E-state index contributed by atoms with van der Waals surface area (Å²) in [7, 11) is 0. The van der Waals surface area contributed by atoms with E-state index in [4.69, 9.17) is 4.74 Å². The molecule has 2 aromatic rings. The Kier molecular flexibility index (Phi) is 5.63. The summed E-state index contributed by atoms with van der Waals surface area (Å²) >= 11 is 0. The number of hydrogen-bond acceptors (Lipinski definition) is 2. The molecule has 1 N–H and O–H groups in total. The highest BCUT2D eigenvalue weighted by Gasteiger charge is 1.99. The zero-order valence-electron chi connectivity index (χ0n) is 12.4. The maximum Gasteiger partial charge on any atom is 0.119 e. The van der Waals surface area contributed by atoms with Crippen molar-refractivity contribution in [2.45, 2.75) is 26.8 Å². The molecule has 0 atom stereocenters. The first kappa shape index (κ1) is 14.6. The van der Waals surface area contributed by atoms with E-state index in [1.165, 1.54) is 23.1 Å². The van der Waals surface area contributed by atoms with E-state index in [0.717, 1.165) is 18.8 Å². The van der Waals surface area contributed by atoms with Gasteiger partial charge in [-0.3, -0.25) is 0 Å². The molecule has 0 bridgehead atoms. The average molecular weight is 269 g/mol. The van der Waals surface area contributed by atoms with Gasteiger partial charge in [-0.25, -0.2) is 0 Å². The van der Waals surface area contributed by atoms with Crippen molar-refractivity contribution in [3.05, 3.63) is 54.1 Å². The lowest BCUT2D eigenvalue weighted by Crippen LogP contribution is -2.13. The van der Waals surface area contributed by atoms with E-state index in [0.29, 0.717) is 6.61 Å². The molecule has 0 aliphatic carbocycles. The van der Waals surface area contributed by atoms with Gasteiger partial charge < -0.3 is 10.1 Å². The van der Waals surface area contributed by atoms with Crippen LogP contribution in [-0.4, -0.2) is 13.2 Å². The van der Waals surface area contributed by atoms with Gasteiger partial charge in [-0.1, -0.05) is 43.3 Å². The predicted octanol–water partition coefficient (Wildman–Crippen LogP) is 4.25. The number of benzene rings is 2. The van der Waals surface area contributed by atoms with E-state index in [1.807, 2.05) is 19.1 Å². The van der Waals surface area contributed by atoms with Crippen molar-refractivity contribution in [2.24, 2.45) is 0 Å². The van der Waals surface area contributed by atoms with E-state index in [-0.39, 0.29) is 0 Å². The number of hydrogen-bond donors (Lipinski definition) is 1. The summed E-state index contributed by atoms with van der Waals surface area (Å²) in [6.45, 7) is 6.90. The first-order valence-electron chi connectivity index (χ1n) is 7.36. The first-order chi connectivity index (χ1) is 9.83. The Labute approximate surface area is 121 Å². The fourth-order valence-electron chi connectivity index (χ4n) is 2.13. The summed E-state index contributed by atoms with van der Waals surface area (Å²) in [6, 6.07) is 17.0. The maximum absolute atomic E-state index is 5.46. The second-order valence-electron chi connectivity index (χ2n) is 4.83. The van der Waals surface area contributed by atoms with E-state index in [9.17, 15) is 0 Å². The molecule has 0 aromatic heterocycles. The molecule has 0 aliphatic rings. The lowest BCUT2D eigenvalue weighted by molar-refractivity contribution is 0.340. The summed E-state index contributed by atoms with van der Waals surface area (Å²) in [5, 5.41) is 3.42. The Morgan fingerprint density at radius 3 is 2.00 bits per heavy atom. The highest BCUT2D eigenvalue weighted by atomic mass is 16.5. The lowest BCUT2D eigenvalue weighted by atomic mass is 10.0. The monoisotopic (exact) mass is 269 g/mol. The van der Waals surface area contributed by atoms with Crippen LogP contribution in [0.1, 0.15) is 25.8 Å². The third-order valence-corrected chi connectivity index (χ3v) is 3.21. The highest BCUT2D eigenvalue weighted by molar-refractivity contribution is 5.64. The number of nitrogens with one attached hydrogen (secondary N) is 1. The molecule has 0 fully saturated rings. The van der Waals surface area contributed by atoms with Crippen molar-refractivity contribution < 1.29 is 4.74 Å². The van der Waals surface area contributed by atoms with Crippen molar-refractivity contribution >= 4 is 0 Å². The van der Waals surface area contributed by atoms with Crippen molar-refractivity contribution in [3.8, 4) is 16.9 Å².